The van der Waals surface area contributed by atoms with Crippen LogP contribution >= 0.6 is 0 Å². The number of nitrogens with zero attached hydrogens (tertiary/aromatic N) is 1. The summed E-state index contributed by atoms with van der Waals surface area (Å²) >= 11 is 0. The monoisotopic (exact) mass is 813 g/mol. The lowest BCUT2D eigenvalue weighted by atomic mass is 9.82. The van der Waals surface area contributed by atoms with E-state index in [0.29, 0.717) is 12.7 Å². The molecule has 0 aromatic carbocycles. The molecule has 326 valence electrons. The summed E-state index contributed by atoms with van der Waals surface area (Å²) in [6.45, 7) is 11.8. The topological polar surface area (TPSA) is 206 Å². The van der Waals surface area contributed by atoms with Crippen LogP contribution in [0.4, 0.5) is 0 Å². The minimum Gasteiger partial charge on any atom is -0.462 e. The van der Waals surface area contributed by atoms with E-state index < -0.39 is 121 Å². The molecule has 3 aliphatic heterocycles. The van der Waals surface area contributed by atoms with E-state index in [0.717, 1.165) is 0 Å². The van der Waals surface area contributed by atoms with Crippen LogP contribution in [0, 0.1) is 11.8 Å². The van der Waals surface area contributed by atoms with Crippen molar-refractivity contribution in [1.29, 1.82) is 0 Å². The number of hydrogen-bond acceptors (Lipinski definition) is 16. The summed E-state index contributed by atoms with van der Waals surface area (Å²) in [4.78, 5) is 52.3. The van der Waals surface area contributed by atoms with E-state index >= 15 is 0 Å². The molecule has 0 aromatic heterocycles. The molecule has 3 aliphatic rings. The predicted octanol–water partition coefficient (Wildman–Crippen LogP) is 2.77. The smallest absolute Gasteiger partial charge is 0.309 e. The average Bonchev–Trinajstić information content (AvgIpc) is 3.13. The maximum absolute atomic E-state index is 13.3. The molecule has 0 spiro atoms. The Morgan fingerprint density at radius 1 is 0.965 bits per heavy atom. The lowest BCUT2D eigenvalue weighted by Crippen LogP contribution is -2.66. The van der Waals surface area contributed by atoms with Gasteiger partial charge in [0, 0.05) is 39.2 Å². The first kappa shape index (κ1) is 48.6. The van der Waals surface area contributed by atoms with Gasteiger partial charge in [-0.3, -0.25) is 14.4 Å². The second-order valence-electron chi connectivity index (χ2n) is 16.0. The molecule has 16 heteroatoms. The second-order valence-corrected chi connectivity index (χ2v) is 16.0. The highest BCUT2D eigenvalue weighted by Gasteiger charge is 2.53. The normalized spacial score (nSPS) is 41.1. The van der Waals surface area contributed by atoms with E-state index in [2.05, 4.69) is 0 Å². The number of rotatable bonds is 12. The van der Waals surface area contributed by atoms with Crippen LogP contribution in [0.15, 0.2) is 24.3 Å². The number of ether oxygens (including phenoxy) is 8. The Morgan fingerprint density at radius 2 is 1.63 bits per heavy atom. The highest BCUT2D eigenvalue weighted by atomic mass is 16.7. The second kappa shape index (κ2) is 22.5. The maximum Gasteiger partial charge on any atom is 0.309 e. The van der Waals surface area contributed by atoms with Crippen molar-refractivity contribution in [2.75, 3.05) is 21.2 Å². The van der Waals surface area contributed by atoms with Crippen LogP contribution in [0.25, 0.3) is 0 Å². The van der Waals surface area contributed by atoms with Gasteiger partial charge in [-0.05, 0) is 60.0 Å². The van der Waals surface area contributed by atoms with Crippen molar-refractivity contribution in [3.63, 3.8) is 0 Å². The third-order valence-corrected chi connectivity index (χ3v) is 10.9. The van der Waals surface area contributed by atoms with Crippen LogP contribution in [0.1, 0.15) is 93.4 Å². The van der Waals surface area contributed by atoms with Gasteiger partial charge in [-0.2, -0.15) is 0 Å². The fraction of sp³-hybridized carbons (Fsp3) is 0.805. The van der Waals surface area contributed by atoms with E-state index in [1.165, 1.54) is 7.11 Å². The number of cyclic esters (lactones) is 1. The molecule has 0 aromatic rings. The standard InChI is InChI=1S/C41H67NO15/c1-11-30(45)54-29-21-32(47)51-24(4)16-14-13-15-17-28(44)23(3)20-27(18-19-43)37(38(29)50-10)57-40-35(48)34(42(8)9)36(25(5)53-40)56-33-22-41(7,49)39(26(6)52-33)55-31(46)12-2/h13-15,17,19,23-29,33-40,44,48-49H,11-12,16,18,20-22H2,1-10H3/b14-13+,17-15+/t23-,24-,25-,26+,27+,28+,29-,33+,34-,35-,36-,37+,38+,39+,40+,41-/m1/s1. The van der Waals surface area contributed by atoms with Gasteiger partial charge in [0.25, 0.3) is 0 Å². The molecule has 0 bridgehead atoms. The van der Waals surface area contributed by atoms with Crippen molar-refractivity contribution in [3.05, 3.63) is 24.3 Å². The first-order chi connectivity index (χ1) is 26.9. The summed E-state index contributed by atoms with van der Waals surface area (Å²) in [7, 11) is 4.86. The average molecular weight is 814 g/mol. The van der Waals surface area contributed by atoms with Gasteiger partial charge in [0.1, 0.15) is 42.4 Å². The van der Waals surface area contributed by atoms with E-state index in [-0.39, 0.29) is 32.1 Å². The van der Waals surface area contributed by atoms with Gasteiger partial charge in [0.15, 0.2) is 18.7 Å². The Kier molecular flexibility index (Phi) is 19.2. The SMILES string of the molecule is CCC(=O)O[C@@H]1CC(=O)O[C@H](C)C/C=C/C=C/[C@H](O)[C@H](C)C[C@H](CC=O)[C@H](O[C@@H]2O[C@H](C)[C@@H](O[C@H]3C[C@@](C)(O)[C@@H](OC(=O)CC)[C@H](C)O3)[C@H](N(C)C)[C@H]2O)[C@H]1OC. The maximum atomic E-state index is 13.3. The Hall–Kier alpha value is -2.80. The number of likely N-dealkylation sites (N-methyl/N-ethyl adjacent to an activating group) is 1. The fourth-order valence-electron chi connectivity index (χ4n) is 7.82. The van der Waals surface area contributed by atoms with Crippen molar-refractivity contribution in [2.24, 2.45) is 11.8 Å². The molecule has 3 heterocycles. The molecule has 2 saturated heterocycles. The Labute approximate surface area is 337 Å². The zero-order valence-electron chi connectivity index (χ0n) is 35.2. The van der Waals surface area contributed by atoms with Crippen molar-refractivity contribution in [1.82, 2.24) is 4.90 Å². The molecule has 57 heavy (non-hydrogen) atoms. The number of hydrogen-bond donors (Lipinski definition) is 3. The largest absolute Gasteiger partial charge is 0.462 e. The van der Waals surface area contributed by atoms with Gasteiger partial charge < -0.3 is 62.9 Å². The summed E-state index contributed by atoms with van der Waals surface area (Å²) in [5.41, 5.74) is -1.49. The lowest BCUT2D eigenvalue weighted by Gasteiger charge is -2.50. The summed E-state index contributed by atoms with van der Waals surface area (Å²) in [5.74, 6) is -2.82. The van der Waals surface area contributed by atoms with Gasteiger partial charge in [-0.25, -0.2) is 0 Å². The molecule has 0 radical (unpaired) electrons. The molecule has 2 fully saturated rings. The van der Waals surface area contributed by atoms with E-state index in [1.807, 2.05) is 13.0 Å². The molecule has 0 amide bonds. The highest BCUT2D eigenvalue weighted by molar-refractivity contribution is 5.72. The van der Waals surface area contributed by atoms with Crippen LogP contribution < -0.4 is 0 Å². The number of carbonyl (C=O) groups excluding carboxylic acids is 4. The Bertz CT molecular complexity index is 1350. The number of methoxy groups -OCH3 is 1. The number of aldehydes is 1. The van der Waals surface area contributed by atoms with Crippen LogP contribution in [0.2, 0.25) is 0 Å². The van der Waals surface area contributed by atoms with E-state index in [4.69, 9.17) is 37.9 Å². The molecular weight excluding hydrogens is 746 g/mol. The third-order valence-electron chi connectivity index (χ3n) is 10.9. The van der Waals surface area contributed by atoms with Crippen LogP contribution in [0.3, 0.4) is 0 Å². The lowest BCUT2D eigenvalue weighted by molar-refractivity contribution is -0.344. The van der Waals surface area contributed by atoms with Crippen LogP contribution in [-0.4, -0.2) is 151 Å². The third kappa shape index (κ3) is 13.6. The van der Waals surface area contributed by atoms with E-state index in [9.17, 15) is 34.5 Å². The fourth-order valence-corrected chi connectivity index (χ4v) is 7.82. The molecule has 0 unspecified atom stereocenters. The molecule has 16 nitrogen and oxygen atoms in total. The zero-order valence-corrected chi connectivity index (χ0v) is 35.2. The number of esters is 3. The molecule has 0 saturated carbocycles. The minimum atomic E-state index is -1.49. The Balaban J connectivity index is 2.01. The molecule has 0 aliphatic carbocycles. The summed E-state index contributed by atoms with van der Waals surface area (Å²) in [6.07, 6.45) is -4.08. The summed E-state index contributed by atoms with van der Waals surface area (Å²) in [6, 6.07) is -0.779. The first-order valence-corrected chi connectivity index (χ1v) is 20.1. The van der Waals surface area contributed by atoms with E-state index in [1.54, 1.807) is 78.8 Å². The molecule has 3 rings (SSSR count). The zero-order chi connectivity index (χ0) is 42.6. The highest BCUT2D eigenvalue weighted by Crippen LogP contribution is 2.37. The van der Waals surface area contributed by atoms with Crippen LogP contribution in [-0.2, 0) is 57.1 Å². The van der Waals surface area contributed by atoms with Gasteiger partial charge >= 0.3 is 17.9 Å². The molecule has 3 N–H and O–H groups in total. The van der Waals surface area contributed by atoms with Crippen LogP contribution in [0.5, 0.6) is 0 Å². The number of allylic oxidation sites excluding steroid dienone is 2. The minimum absolute atomic E-state index is 0.000633. The molecule has 16 atom stereocenters. The summed E-state index contributed by atoms with van der Waals surface area (Å²) in [5, 5.41) is 34.5. The number of aliphatic hydroxyl groups excluding tert-OH is 2. The number of aliphatic hydroxyl groups is 3. The van der Waals surface area contributed by atoms with Crippen molar-refractivity contribution < 1.29 is 72.4 Å². The first-order valence-electron chi connectivity index (χ1n) is 20.1. The van der Waals surface area contributed by atoms with Gasteiger partial charge in [0.05, 0.1) is 36.9 Å². The van der Waals surface area contributed by atoms with Crippen molar-refractivity contribution in [2.45, 2.75) is 179 Å². The quantitative estimate of drug-likeness (QED) is 0.147. The van der Waals surface area contributed by atoms with Crippen molar-refractivity contribution in [3.8, 4) is 0 Å². The Morgan fingerprint density at radius 3 is 2.23 bits per heavy atom. The van der Waals surface area contributed by atoms with Gasteiger partial charge in [0.2, 0.25) is 0 Å². The van der Waals surface area contributed by atoms with Gasteiger partial charge in [-0.1, -0.05) is 45.1 Å². The number of carbonyl (C=O) groups is 4. The molecular formula is C41H67NO15. The predicted molar refractivity (Wildman–Crippen MR) is 205 cm³/mol. The van der Waals surface area contributed by atoms with Crippen molar-refractivity contribution >= 4 is 24.2 Å². The van der Waals surface area contributed by atoms with Gasteiger partial charge in [-0.15, -0.1) is 0 Å². The summed E-state index contributed by atoms with van der Waals surface area (Å²) < 4.78 is 48.5.